The second kappa shape index (κ2) is 10.1. The highest BCUT2D eigenvalue weighted by Gasteiger charge is 2.21. The number of carbonyl (C=O) groups is 1. The van der Waals surface area contributed by atoms with Gasteiger partial charge in [-0.3, -0.25) is 9.36 Å². The van der Waals surface area contributed by atoms with Crippen molar-refractivity contribution >= 4 is 52.2 Å². The molecular weight excluding hydrogens is 489 g/mol. The second-order valence-corrected chi connectivity index (χ2v) is 9.64. The molecule has 4 aromatic rings. The van der Waals surface area contributed by atoms with Crippen molar-refractivity contribution in [2.75, 3.05) is 0 Å². The highest BCUT2D eigenvalue weighted by molar-refractivity contribution is 7.98. The van der Waals surface area contributed by atoms with Crippen LogP contribution in [0.3, 0.4) is 0 Å². The van der Waals surface area contributed by atoms with Crippen molar-refractivity contribution in [3.05, 3.63) is 62.7 Å². The summed E-state index contributed by atoms with van der Waals surface area (Å²) >= 11 is 15.4. The highest BCUT2D eigenvalue weighted by Crippen LogP contribution is 2.34. The van der Waals surface area contributed by atoms with Crippen LogP contribution in [0.1, 0.15) is 35.8 Å². The summed E-state index contributed by atoms with van der Waals surface area (Å²) in [6, 6.07) is 8.93. The van der Waals surface area contributed by atoms with E-state index in [0.717, 1.165) is 11.4 Å². The van der Waals surface area contributed by atoms with Crippen molar-refractivity contribution in [2.45, 2.75) is 37.2 Å². The van der Waals surface area contributed by atoms with Crippen LogP contribution in [0.2, 0.25) is 10.0 Å². The van der Waals surface area contributed by atoms with Crippen LogP contribution in [0.15, 0.2) is 51.5 Å². The van der Waals surface area contributed by atoms with Crippen molar-refractivity contribution in [3.8, 4) is 17.3 Å². The molecule has 0 spiro atoms. The zero-order chi connectivity index (χ0) is 22.7. The van der Waals surface area contributed by atoms with Crippen molar-refractivity contribution < 1.29 is 9.21 Å². The van der Waals surface area contributed by atoms with E-state index in [2.05, 4.69) is 20.5 Å². The summed E-state index contributed by atoms with van der Waals surface area (Å²) in [5, 5.41) is 15.8. The molecule has 1 amide bonds. The Kier molecular flexibility index (Phi) is 7.20. The van der Waals surface area contributed by atoms with Gasteiger partial charge in [0.15, 0.2) is 10.9 Å². The highest BCUT2D eigenvalue weighted by atomic mass is 35.5. The fourth-order valence-electron chi connectivity index (χ4n) is 2.82. The van der Waals surface area contributed by atoms with Gasteiger partial charge in [-0.1, -0.05) is 41.9 Å². The smallest absolute Gasteiger partial charge is 0.270 e. The summed E-state index contributed by atoms with van der Waals surface area (Å²) in [7, 11) is 0. The first-order chi connectivity index (χ1) is 15.5. The molecule has 1 unspecified atom stereocenters. The predicted molar refractivity (Wildman–Crippen MR) is 128 cm³/mol. The lowest BCUT2D eigenvalue weighted by atomic mass is 10.2. The maximum atomic E-state index is 12.3. The molecule has 0 bridgehead atoms. The fraction of sp³-hybridized carbons (Fsp3) is 0.238. The van der Waals surface area contributed by atoms with E-state index in [1.54, 1.807) is 29.8 Å². The number of thiazole rings is 1. The Balaban J connectivity index is 1.59. The summed E-state index contributed by atoms with van der Waals surface area (Å²) in [4.78, 5) is 16.8. The predicted octanol–water partition coefficient (Wildman–Crippen LogP) is 6.11. The third kappa shape index (κ3) is 5.01. The van der Waals surface area contributed by atoms with Crippen LogP contribution in [-0.4, -0.2) is 31.7 Å². The molecule has 0 aliphatic heterocycles. The quantitative estimate of drug-likeness (QED) is 0.289. The summed E-state index contributed by atoms with van der Waals surface area (Å²) in [5.74, 6) is 1.44. The number of furan rings is 1. The standard InChI is InChI=1S/C21H19Cl2N5O2S2/c1-3-12(2)24-20(29)15-10-31-18(25-15)11-32-21-27-26-19(17-5-4-8-30-17)28(21)16-7-6-13(22)9-14(16)23/h4-10,12H,3,11H2,1-2H3,(H,24,29). The van der Waals surface area contributed by atoms with Crippen LogP contribution in [0.5, 0.6) is 0 Å². The second-order valence-electron chi connectivity index (χ2n) is 6.91. The Morgan fingerprint density at radius 2 is 2.16 bits per heavy atom. The molecule has 1 aromatic carbocycles. The molecule has 3 aromatic heterocycles. The number of carbonyl (C=O) groups excluding carboxylic acids is 1. The van der Waals surface area contributed by atoms with Crippen molar-refractivity contribution in [1.29, 1.82) is 0 Å². The molecule has 4 rings (SSSR count). The summed E-state index contributed by atoms with van der Waals surface area (Å²) in [6.07, 6.45) is 2.44. The van der Waals surface area contributed by atoms with Crippen LogP contribution in [0.25, 0.3) is 17.3 Å². The summed E-state index contributed by atoms with van der Waals surface area (Å²) in [6.45, 7) is 3.99. The van der Waals surface area contributed by atoms with Gasteiger partial charge in [-0.2, -0.15) is 0 Å². The number of nitrogens with zero attached hydrogens (tertiary/aromatic N) is 4. The average Bonchev–Trinajstić information content (AvgIpc) is 3.52. The molecule has 0 aliphatic rings. The van der Waals surface area contributed by atoms with Gasteiger partial charge in [-0.05, 0) is 43.7 Å². The van der Waals surface area contributed by atoms with Gasteiger partial charge < -0.3 is 9.73 Å². The summed E-state index contributed by atoms with van der Waals surface area (Å²) in [5.41, 5.74) is 1.10. The fourth-order valence-corrected chi connectivity index (χ4v) is 5.05. The minimum Gasteiger partial charge on any atom is -0.461 e. The van der Waals surface area contributed by atoms with E-state index in [0.29, 0.717) is 43.9 Å². The third-order valence-electron chi connectivity index (χ3n) is 4.62. The molecule has 0 saturated heterocycles. The molecule has 1 N–H and O–H groups in total. The number of hydrogen-bond donors (Lipinski definition) is 1. The lowest BCUT2D eigenvalue weighted by Gasteiger charge is -2.11. The molecular formula is C21H19Cl2N5O2S2. The number of amides is 1. The van der Waals surface area contributed by atoms with Gasteiger partial charge in [-0.25, -0.2) is 4.98 Å². The van der Waals surface area contributed by atoms with E-state index >= 15 is 0 Å². The molecule has 0 saturated carbocycles. The van der Waals surface area contributed by atoms with Crippen LogP contribution in [-0.2, 0) is 5.75 Å². The Morgan fingerprint density at radius 3 is 2.88 bits per heavy atom. The largest absolute Gasteiger partial charge is 0.461 e. The SMILES string of the molecule is CCC(C)NC(=O)c1csc(CSc2nnc(-c3ccco3)n2-c2ccc(Cl)cc2Cl)n1. The van der Waals surface area contributed by atoms with E-state index in [1.165, 1.54) is 23.1 Å². The molecule has 32 heavy (non-hydrogen) atoms. The number of nitrogens with one attached hydrogen (secondary N) is 1. The maximum Gasteiger partial charge on any atom is 0.270 e. The molecule has 3 heterocycles. The van der Waals surface area contributed by atoms with Gasteiger partial charge in [0.05, 0.1) is 22.7 Å². The van der Waals surface area contributed by atoms with Gasteiger partial charge in [0.2, 0.25) is 5.82 Å². The first-order valence-corrected chi connectivity index (χ1v) is 12.4. The zero-order valence-electron chi connectivity index (χ0n) is 17.2. The van der Waals surface area contributed by atoms with Crippen LogP contribution in [0, 0.1) is 0 Å². The average molecular weight is 508 g/mol. The van der Waals surface area contributed by atoms with E-state index in [9.17, 15) is 4.79 Å². The van der Waals surface area contributed by atoms with Crippen molar-refractivity contribution in [2.24, 2.45) is 0 Å². The van der Waals surface area contributed by atoms with E-state index in [1.807, 2.05) is 30.5 Å². The number of rotatable bonds is 8. The van der Waals surface area contributed by atoms with Crippen LogP contribution < -0.4 is 5.32 Å². The summed E-state index contributed by atoms with van der Waals surface area (Å²) < 4.78 is 7.36. The number of benzene rings is 1. The number of halogens is 2. The molecule has 11 heteroatoms. The lowest BCUT2D eigenvalue weighted by Crippen LogP contribution is -2.32. The van der Waals surface area contributed by atoms with E-state index in [4.69, 9.17) is 27.6 Å². The Hall–Kier alpha value is -2.33. The van der Waals surface area contributed by atoms with Crippen LogP contribution >= 0.6 is 46.3 Å². The molecule has 0 aliphatic carbocycles. The maximum absolute atomic E-state index is 12.3. The third-order valence-corrected chi connectivity index (χ3v) is 7.13. The normalized spacial score (nSPS) is 12.1. The van der Waals surface area contributed by atoms with Crippen molar-refractivity contribution in [3.63, 3.8) is 0 Å². The van der Waals surface area contributed by atoms with Crippen molar-refractivity contribution in [1.82, 2.24) is 25.1 Å². The molecule has 0 radical (unpaired) electrons. The monoisotopic (exact) mass is 507 g/mol. The van der Waals surface area contributed by atoms with Gasteiger partial charge in [0.25, 0.3) is 5.91 Å². The Morgan fingerprint density at radius 1 is 1.31 bits per heavy atom. The first kappa shape index (κ1) is 22.8. The molecule has 1 atom stereocenters. The lowest BCUT2D eigenvalue weighted by molar-refractivity contribution is 0.0935. The van der Waals surface area contributed by atoms with Gasteiger partial charge >= 0.3 is 0 Å². The Labute approximate surface area is 203 Å². The van der Waals surface area contributed by atoms with Crippen LogP contribution in [0.4, 0.5) is 0 Å². The molecule has 0 fully saturated rings. The van der Waals surface area contributed by atoms with Gasteiger partial charge in [0.1, 0.15) is 10.7 Å². The minimum atomic E-state index is -0.164. The molecule has 7 nitrogen and oxygen atoms in total. The zero-order valence-corrected chi connectivity index (χ0v) is 20.4. The van der Waals surface area contributed by atoms with Gasteiger partial charge in [-0.15, -0.1) is 21.5 Å². The van der Waals surface area contributed by atoms with Gasteiger partial charge in [0, 0.05) is 16.4 Å². The minimum absolute atomic E-state index is 0.102. The topological polar surface area (TPSA) is 85.8 Å². The van der Waals surface area contributed by atoms with E-state index in [-0.39, 0.29) is 11.9 Å². The van der Waals surface area contributed by atoms with E-state index < -0.39 is 0 Å². The first-order valence-electron chi connectivity index (χ1n) is 9.79. The number of aromatic nitrogens is 4. The Bertz CT molecular complexity index is 1220. The number of thioether (sulfide) groups is 1. The molecule has 166 valence electrons. The number of hydrogen-bond acceptors (Lipinski definition) is 7.